The van der Waals surface area contributed by atoms with E-state index in [2.05, 4.69) is 4.99 Å². The van der Waals surface area contributed by atoms with E-state index in [4.69, 9.17) is 11.6 Å². The quantitative estimate of drug-likeness (QED) is 0.321. The molecule has 0 aromatic carbocycles. The van der Waals surface area contributed by atoms with Gasteiger partial charge in [-0.25, -0.2) is 0 Å². The van der Waals surface area contributed by atoms with Gasteiger partial charge in [0.25, 0.3) is 0 Å². The molecule has 2 heteroatoms. The molecule has 1 unspecified atom stereocenters. The van der Waals surface area contributed by atoms with Gasteiger partial charge in [0.2, 0.25) is 0 Å². The summed E-state index contributed by atoms with van der Waals surface area (Å²) in [5, 5.41) is 0. The number of nitrogens with zero attached hydrogens (tertiary/aromatic N) is 1. The average molecular weight is 102 g/mol. The second-order valence-corrected chi connectivity index (χ2v) is 1.50. The van der Waals surface area contributed by atoms with E-state index in [-0.39, 0.29) is 5.50 Å². The molecule has 1 atom stereocenters. The molecule has 0 aromatic rings. The van der Waals surface area contributed by atoms with Gasteiger partial charge in [-0.3, -0.25) is 4.99 Å². The van der Waals surface area contributed by atoms with Crippen molar-refractivity contribution in [2.45, 2.75) is 5.50 Å². The fourth-order valence-electron chi connectivity index (χ4n) is 0.323. The second kappa shape index (κ2) is 1.43. The summed E-state index contributed by atoms with van der Waals surface area (Å²) in [6.07, 6.45) is 5.34. The zero-order chi connectivity index (χ0) is 4.41. The SMILES string of the molecule is ClC1C=CC=N1. The number of rotatable bonds is 0. The third-order valence-corrected chi connectivity index (χ3v) is 0.843. The highest BCUT2D eigenvalue weighted by atomic mass is 35.5. The molecule has 1 rings (SSSR count). The number of halogens is 1. The van der Waals surface area contributed by atoms with Crippen molar-refractivity contribution in [3.63, 3.8) is 0 Å². The standard InChI is InChI=1S/C4H4ClN/c5-4-2-1-3-6-4/h1-4H. The minimum atomic E-state index is -0.0926. The molecule has 1 aliphatic heterocycles. The normalized spacial score (nSPS) is 29.2. The third-order valence-electron chi connectivity index (χ3n) is 0.584. The van der Waals surface area contributed by atoms with E-state index in [1.54, 1.807) is 6.21 Å². The van der Waals surface area contributed by atoms with E-state index >= 15 is 0 Å². The maximum absolute atomic E-state index is 5.43. The van der Waals surface area contributed by atoms with Gasteiger partial charge < -0.3 is 0 Å². The van der Waals surface area contributed by atoms with E-state index < -0.39 is 0 Å². The lowest BCUT2D eigenvalue weighted by atomic mass is 10.6. The number of alkyl halides is 1. The van der Waals surface area contributed by atoms with Gasteiger partial charge in [0, 0.05) is 6.21 Å². The lowest BCUT2D eigenvalue weighted by molar-refractivity contribution is 1.18. The molecule has 0 radical (unpaired) electrons. The number of hydrogen-bond acceptors (Lipinski definition) is 1. The predicted octanol–water partition coefficient (Wildman–Crippen LogP) is 1.19. The van der Waals surface area contributed by atoms with Crippen molar-refractivity contribution in [1.82, 2.24) is 0 Å². The van der Waals surface area contributed by atoms with Crippen LogP contribution in [0.3, 0.4) is 0 Å². The Labute approximate surface area is 41.3 Å². The molecule has 0 saturated heterocycles. The van der Waals surface area contributed by atoms with Crippen LogP contribution in [0.2, 0.25) is 0 Å². The lowest BCUT2D eigenvalue weighted by Gasteiger charge is -1.81. The Hall–Kier alpha value is -0.300. The van der Waals surface area contributed by atoms with E-state index in [0.717, 1.165) is 0 Å². The molecule has 6 heavy (non-hydrogen) atoms. The Morgan fingerprint density at radius 3 is 2.67 bits per heavy atom. The molecule has 0 spiro atoms. The summed E-state index contributed by atoms with van der Waals surface area (Å²) < 4.78 is 0. The highest BCUT2D eigenvalue weighted by Gasteiger charge is 1.93. The highest BCUT2D eigenvalue weighted by molar-refractivity contribution is 6.22. The van der Waals surface area contributed by atoms with Crippen molar-refractivity contribution in [1.29, 1.82) is 0 Å². The van der Waals surface area contributed by atoms with Crippen LogP contribution < -0.4 is 0 Å². The van der Waals surface area contributed by atoms with Crippen molar-refractivity contribution < 1.29 is 0 Å². The first-order valence-electron chi connectivity index (χ1n) is 1.73. The Balaban J connectivity index is 2.60. The minimum Gasteiger partial charge on any atom is -0.270 e. The fraction of sp³-hybridized carbons (Fsp3) is 0.250. The monoisotopic (exact) mass is 101 g/mol. The van der Waals surface area contributed by atoms with Crippen molar-refractivity contribution >= 4 is 17.8 Å². The van der Waals surface area contributed by atoms with E-state index in [0.29, 0.717) is 0 Å². The molecule has 0 N–H and O–H groups in total. The van der Waals surface area contributed by atoms with Crippen LogP contribution in [0, 0.1) is 0 Å². The van der Waals surface area contributed by atoms with Crippen LogP contribution in [-0.2, 0) is 0 Å². The molecule has 1 nitrogen and oxygen atoms in total. The first-order chi connectivity index (χ1) is 2.89. The van der Waals surface area contributed by atoms with E-state index in [9.17, 15) is 0 Å². The summed E-state index contributed by atoms with van der Waals surface area (Å²) in [4.78, 5) is 3.77. The fourth-order valence-corrected chi connectivity index (χ4v) is 0.472. The molecule has 0 amide bonds. The van der Waals surface area contributed by atoms with Crippen molar-refractivity contribution in [2.75, 3.05) is 0 Å². The molecule has 0 bridgehead atoms. The van der Waals surface area contributed by atoms with Gasteiger partial charge in [-0.2, -0.15) is 0 Å². The van der Waals surface area contributed by atoms with Crippen LogP contribution in [0.1, 0.15) is 0 Å². The Morgan fingerprint density at radius 1 is 1.67 bits per heavy atom. The number of allylic oxidation sites excluding steroid dienone is 1. The van der Waals surface area contributed by atoms with Crippen LogP contribution in [-0.4, -0.2) is 11.7 Å². The number of aliphatic imine (C=N–C) groups is 1. The molecule has 0 aromatic heterocycles. The molecule has 0 saturated carbocycles. The topological polar surface area (TPSA) is 12.4 Å². The van der Waals surface area contributed by atoms with Crippen molar-refractivity contribution in [3.05, 3.63) is 12.2 Å². The lowest BCUT2D eigenvalue weighted by Crippen LogP contribution is -1.76. The molecule has 0 fully saturated rings. The minimum absolute atomic E-state index is 0.0926. The molecular weight excluding hydrogens is 97.5 g/mol. The van der Waals surface area contributed by atoms with Crippen LogP contribution in [0.5, 0.6) is 0 Å². The van der Waals surface area contributed by atoms with Gasteiger partial charge in [0.1, 0.15) is 5.50 Å². The molecule has 1 heterocycles. The van der Waals surface area contributed by atoms with Crippen LogP contribution in [0.15, 0.2) is 17.1 Å². The summed E-state index contributed by atoms with van der Waals surface area (Å²) in [6.45, 7) is 0. The maximum Gasteiger partial charge on any atom is 0.142 e. The Morgan fingerprint density at radius 2 is 2.50 bits per heavy atom. The predicted molar refractivity (Wildman–Crippen MR) is 27.3 cm³/mol. The van der Waals surface area contributed by atoms with Crippen LogP contribution >= 0.6 is 11.6 Å². The second-order valence-electron chi connectivity index (χ2n) is 1.06. The first kappa shape index (κ1) is 3.88. The van der Waals surface area contributed by atoms with E-state index in [1.165, 1.54) is 0 Å². The summed E-state index contributed by atoms with van der Waals surface area (Å²) in [5.41, 5.74) is -0.0926. The van der Waals surface area contributed by atoms with E-state index in [1.807, 2.05) is 12.2 Å². The van der Waals surface area contributed by atoms with Gasteiger partial charge in [-0.15, -0.1) is 0 Å². The number of hydrogen-bond donors (Lipinski definition) is 0. The summed E-state index contributed by atoms with van der Waals surface area (Å²) in [5.74, 6) is 0. The van der Waals surface area contributed by atoms with Crippen LogP contribution in [0.4, 0.5) is 0 Å². The summed E-state index contributed by atoms with van der Waals surface area (Å²) in [6, 6.07) is 0. The van der Waals surface area contributed by atoms with Gasteiger partial charge in [0.15, 0.2) is 0 Å². The largest absolute Gasteiger partial charge is 0.270 e. The van der Waals surface area contributed by atoms with Crippen molar-refractivity contribution in [2.24, 2.45) is 4.99 Å². The zero-order valence-corrected chi connectivity index (χ0v) is 3.89. The van der Waals surface area contributed by atoms with Crippen molar-refractivity contribution in [3.8, 4) is 0 Å². The highest BCUT2D eigenvalue weighted by Crippen LogP contribution is 2.01. The zero-order valence-electron chi connectivity index (χ0n) is 3.13. The smallest absolute Gasteiger partial charge is 0.142 e. The molecule has 0 aliphatic carbocycles. The van der Waals surface area contributed by atoms with Gasteiger partial charge in [-0.05, 0) is 12.2 Å². The van der Waals surface area contributed by atoms with Gasteiger partial charge in [0.05, 0.1) is 0 Å². The summed E-state index contributed by atoms with van der Waals surface area (Å²) in [7, 11) is 0. The molecule has 32 valence electrons. The van der Waals surface area contributed by atoms with Gasteiger partial charge >= 0.3 is 0 Å². The average Bonchev–Trinajstić information content (AvgIpc) is 1.86. The molecule has 1 aliphatic rings. The Kier molecular flexibility index (Phi) is 0.926. The third kappa shape index (κ3) is 0.601. The molecular formula is C4H4ClN. The first-order valence-corrected chi connectivity index (χ1v) is 2.17. The Bertz CT molecular complexity index is 83.7. The summed E-state index contributed by atoms with van der Waals surface area (Å²) >= 11 is 5.43. The maximum atomic E-state index is 5.43. The van der Waals surface area contributed by atoms with Gasteiger partial charge in [-0.1, -0.05) is 11.6 Å². The van der Waals surface area contributed by atoms with Crippen LogP contribution in [0.25, 0.3) is 0 Å².